The van der Waals surface area contributed by atoms with E-state index in [0.29, 0.717) is 17.9 Å². The van der Waals surface area contributed by atoms with E-state index in [-0.39, 0.29) is 22.6 Å². The molecule has 0 aliphatic carbocycles. The van der Waals surface area contributed by atoms with Crippen molar-refractivity contribution in [2.45, 2.75) is 31.3 Å². The Balaban J connectivity index is 1.72. The number of benzene rings is 3. The molecule has 0 saturated carbocycles. The molecule has 32 heavy (non-hydrogen) atoms. The Morgan fingerprint density at radius 3 is 2.00 bits per heavy atom. The van der Waals surface area contributed by atoms with Crippen LogP contribution in [-0.4, -0.2) is 32.4 Å². The van der Waals surface area contributed by atoms with Gasteiger partial charge in [-0.15, -0.1) is 0 Å². The standard InChI is InChI=1S/C24H24FNO5S/c1-17(2)26(24(27)19-6-12-21(30-3)13-7-19)16-18-4-10-22(11-5-18)31-32(28,29)23-14-8-20(25)9-15-23/h4-15,17H,16H2,1-3H3. The first kappa shape index (κ1) is 23.3. The Hall–Kier alpha value is -3.39. The fourth-order valence-electron chi connectivity index (χ4n) is 3.01. The molecule has 168 valence electrons. The number of hydrogen-bond acceptors (Lipinski definition) is 5. The Morgan fingerprint density at radius 2 is 1.47 bits per heavy atom. The van der Waals surface area contributed by atoms with Crippen molar-refractivity contribution < 1.29 is 26.5 Å². The maximum Gasteiger partial charge on any atom is 0.339 e. The number of carbonyl (C=O) groups excluding carboxylic acids is 1. The number of rotatable bonds is 8. The Bertz CT molecular complexity index is 1160. The molecule has 6 nitrogen and oxygen atoms in total. The molecule has 0 aromatic heterocycles. The van der Waals surface area contributed by atoms with Crippen molar-refractivity contribution in [3.63, 3.8) is 0 Å². The molecule has 3 aromatic rings. The Kier molecular flexibility index (Phi) is 7.15. The Morgan fingerprint density at radius 1 is 0.906 bits per heavy atom. The largest absolute Gasteiger partial charge is 0.497 e. The lowest BCUT2D eigenvalue weighted by Gasteiger charge is -2.27. The minimum atomic E-state index is -4.08. The molecule has 0 aliphatic rings. The predicted molar refractivity (Wildman–Crippen MR) is 119 cm³/mol. The topological polar surface area (TPSA) is 72.9 Å². The van der Waals surface area contributed by atoms with Gasteiger partial charge in [0.05, 0.1) is 7.11 Å². The van der Waals surface area contributed by atoms with Crippen LogP contribution in [0, 0.1) is 5.82 Å². The molecule has 0 heterocycles. The normalized spacial score (nSPS) is 11.3. The van der Waals surface area contributed by atoms with E-state index in [0.717, 1.165) is 29.8 Å². The van der Waals surface area contributed by atoms with Crippen molar-refractivity contribution in [2.75, 3.05) is 7.11 Å². The highest BCUT2D eigenvalue weighted by atomic mass is 32.2. The van der Waals surface area contributed by atoms with Gasteiger partial charge < -0.3 is 13.8 Å². The molecule has 3 aromatic carbocycles. The van der Waals surface area contributed by atoms with Gasteiger partial charge in [0.15, 0.2) is 0 Å². The fourth-order valence-corrected chi connectivity index (χ4v) is 3.94. The van der Waals surface area contributed by atoms with Crippen molar-refractivity contribution in [3.05, 3.63) is 89.7 Å². The number of nitrogens with zero attached hydrogens (tertiary/aromatic N) is 1. The van der Waals surface area contributed by atoms with Crippen LogP contribution in [0.1, 0.15) is 29.8 Å². The van der Waals surface area contributed by atoms with Gasteiger partial charge in [-0.25, -0.2) is 4.39 Å². The second-order valence-corrected chi connectivity index (χ2v) is 8.94. The fraction of sp³-hybridized carbons (Fsp3) is 0.208. The molecule has 3 rings (SSSR count). The third-order valence-corrected chi connectivity index (χ3v) is 6.07. The number of ether oxygens (including phenoxy) is 1. The predicted octanol–water partition coefficient (Wildman–Crippen LogP) is 4.65. The van der Waals surface area contributed by atoms with Gasteiger partial charge in [-0.1, -0.05) is 12.1 Å². The highest BCUT2D eigenvalue weighted by molar-refractivity contribution is 7.87. The van der Waals surface area contributed by atoms with Crippen LogP contribution in [0.5, 0.6) is 11.5 Å². The zero-order valence-corrected chi connectivity index (χ0v) is 18.8. The van der Waals surface area contributed by atoms with Crippen LogP contribution in [0.3, 0.4) is 0 Å². The van der Waals surface area contributed by atoms with Crippen LogP contribution in [0.15, 0.2) is 77.7 Å². The molecular weight excluding hydrogens is 433 g/mol. The van der Waals surface area contributed by atoms with E-state index in [2.05, 4.69) is 0 Å². The van der Waals surface area contributed by atoms with Crippen LogP contribution in [0.4, 0.5) is 4.39 Å². The average Bonchev–Trinajstić information content (AvgIpc) is 2.78. The van der Waals surface area contributed by atoms with Crippen molar-refractivity contribution >= 4 is 16.0 Å². The van der Waals surface area contributed by atoms with Crippen LogP contribution in [-0.2, 0) is 16.7 Å². The van der Waals surface area contributed by atoms with E-state index in [1.807, 2.05) is 13.8 Å². The molecule has 1 amide bonds. The third-order valence-electron chi connectivity index (χ3n) is 4.81. The molecule has 0 atom stereocenters. The zero-order valence-electron chi connectivity index (χ0n) is 18.0. The quantitative estimate of drug-likeness (QED) is 0.460. The molecule has 0 fully saturated rings. The molecule has 0 saturated heterocycles. The molecule has 0 aliphatic heterocycles. The number of halogens is 1. The summed E-state index contributed by atoms with van der Waals surface area (Å²) in [6, 6.07) is 17.7. The number of hydrogen-bond donors (Lipinski definition) is 0. The average molecular weight is 458 g/mol. The second-order valence-electron chi connectivity index (χ2n) is 7.39. The van der Waals surface area contributed by atoms with Crippen molar-refractivity contribution in [1.29, 1.82) is 0 Å². The first-order chi connectivity index (χ1) is 15.2. The molecule has 0 unspecified atom stereocenters. The summed E-state index contributed by atoms with van der Waals surface area (Å²) in [5, 5.41) is 0. The maximum atomic E-state index is 13.0. The van der Waals surface area contributed by atoms with Crippen LogP contribution in [0.2, 0.25) is 0 Å². The van der Waals surface area contributed by atoms with E-state index < -0.39 is 15.9 Å². The third kappa shape index (κ3) is 5.64. The number of carbonyl (C=O) groups is 1. The van der Waals surface area contributed by atoms with Crippen LogP contribution >= 0.6 is 0 Å². The van der Waals surface area contributed by atoms with E-state index in [1.54, 1.807) is 48.4 Å². The molecule has 0 spiro atoms. The SMILES string of the molecule is COc1ccc(C(=O)N(Cc2ccc(OS(=O)(=O)c3ccc(F)cc3)cc2)C(C)C)cc1. The van der Waals surface area contributed by atoms with Crippen LogP contribution < -0.4 is 8.92 Å². The summed E-state index contributed by atoms with van der Waals surface area (Å²) in [6.07, 6.45) is 0. The summed E-state index contributed by atoms with van der Waals surface area (Å²) in [5.41, 5.74) is 1.36. The van der Waals surface area contributed by atoms with Gasteiger partial charge in [0.2, 0.25) is 0 Å². The van der Waals surface area contributed by atoms with E-state index in [1.165, 1.54) is 12.1 Å². The maximum absolute atomic E-state index is 13.0. The Labute approximate surface area is 187 Å². The van der Waals surface area contributed by atoms with Crippen molar-refractivity contribution in [1.82, 2.24) is 4.90 Å². The highest BCUT2D eigenvalue weighted by Crippen LogP contribution is 2.21. The zero-order chi connectivity index (χ0) is 23.3. The lowest BCUT2D eigenvalue weighted by Crippen LogP contribution is -2.36. The summed E-state index contributed by atoms with van der Waals surface area (Å²) in [7, 11) is -2.51. The van der Waals surface area contributed by atoms with Gasteiger partial charge in [-0.05, 0) is 80.1 Å². The van der Waals surface area contributed by atoms with E-state index in [4.69, 9.17) is 8.92 Å². The van der Waals surface area contributed by atoms with E-state index >= 15 is 0 Å². The second kappa shape index (κ2) is 9.82. The lowest BCUT2D eigenvalue weighted by molar-refractivity contribution is 0.0690. The summed E-state index contributed by atoms with van der Waals surface area (Å²) in [5.74, 6) is 0.133. The van der Waals surface area contributed by atoms with Gasteiger partial charge in [0.25, 0.3) is 5.91 Å². The van der Waals surface area contributed by atoms with Crippen molar-refractivity contribution in [3.8, 4) is 11.5 Å². The van der Waals surface area contributed by atoms with E-state index in [9.17, 15) is 17.6 Å². The summed E-state index contributed by atoms with van der Waals surface area (Å²) >= 11 is 0. The van der Waals surface area contributed by atoms with Gasteiger partial charge in [0.1, 0.15) is 22.2 Å². The minimum Gasteiger partial charge on any atom is -0.497 e. The summed E-state index contributed by atoms with van der Waals surface area (Å²) < 4.78 is 48.0. The minimum absolute atomic E-state index is 0.0561. The monoisotopic (exact) mass is 457 g/mol. The lowest BCUT2D eigenvalue weighted by atomic mass is 10.1. The first-order valence-corrected chi connectivity index (χ1v) is 11.3. The summed E-state index contributed by atoms with van der Waals surface area (Å²) in [6.45, 7) is 4.19. The first-order valence-electron chi connectivity index (χ1n) is 9.93. The molecule has 0 bridgehead atoms. The van der Waals surface area contributed by atoms with Gasteiger partial charge in [-0.3, -0.25) is 4.79 Å². The van der Waals surface area contributed by atoms with Crippen molar-refractivity contribution in [2.24, 2.45) is 0 Å². The molecular formula is C24H24FNO5S. The molecule has 0 radical (unpaired) electrons. The van der Waals surface area contributed by atoms with Gasteiger partial charge in [0, 0.05) is 18.2 Å². The van der Waals surface area contributed by atoms with Crippen LogP contribution in [0.25, 0.3) is 0 Å². The smallest absolute Gasteiger partial charge is 0.339 e. The number of methoxy groups -OCH3 is 1. The highest BCUT2D eigenvalue weighted by Gasteiger charge is 2.20. The van der Waals surface area contributed by atoms with Gasteiger partial charge >= 0.3 is 10.1 Å². The van der Waals surface area contributed by atoms with Gasteiger partial charge in [-0.2, -0.15) is 8.42 Å². The molecule has 0 N–H and O–H groups in total. The summed E-state index contributed by atoms with van der Waals surface area (Å²) in [4.78, 5) is 14.6. The molecule has 8 heteroatoms. The number of amides is 1.